The van der Waals surface area contributed by atoms with Gasteiger partial charge < -0.3 is 19.4 Å². The summed E-state index contributed by atoms with van der Waals surface area (Å²) in [6, 6.07) is 13.8. The SMILES string of the molecule is COc1cccc(C(C)Nc2nnc(-c3ccc(-n4cnc(C)c4)c(OC)n3)cc2C)c1. The Balaban J connectivity index is 1.57. The Kier molecular flexibility index (Phi) is 6.02. The lowest BCUT2D eigenvalue weighted by Crippen LogP contribution is -2.10. The summed E-state index contributed by atoms with van der Waals surface area (Å²) in [6.07, 6.45) is 3.66. The first-order valence-corrected chi connectivity index (χ1v) is 10.3. The highest BCUT2D eigenvalue weighted by Gasteiger charge is 2.14. The topological polar surface area (TPSA) is 87.0 Å². The third-order valence-corrected chi connectivity index (χ3v) is 5.22. The van der Waals surface area contributed by atoms with Crippen molar-refractivity contribution in [3.8, 4) is 28.7 Å². The zero-order valence-corrected chi connectivity index (χ0v) is 18.8. The van der Waals surface area contributed by atoms with Crippen molar-refractivity contribution in [2.24, 2.45) is 0 Å². The monoisotopic (exact) mass is 430 g/mol. The van der Waals surface area contributed by atoms with Gasteiger partial charge in [0.1, 0.15) is 17.1 Å². The summed E-state index contributed by atoms with van der Waals surface area (Å²) in [5, 5.41) is 12.2. The number of aryl methyl sites for hydroxylation is 2. The molecular weight excluding hydrogens is 404 g/mol. The molecule has 0 spiro atoms. The maximum absolute atomic E-state index is 5.52. The van der Waals surface area contributed by atoms with Crippen LogP contribution in [0.2, 0.25) is 0 Å². The lowest BCUT2D eigenvalue weighted by molar-refractivity contribution is 0.396. The number of imidazole rings is 1. The summed E-state index contributed by atoms with van der Waals surface area (Å²) in [6.45, 7) is 6.01. The Hall–Kier alpha value is -3.94. The Morgan fingerprint density at radius 1 is 0.969 bits per heavy atom. The molecule has 0 saturated carbocycles. The van der Waals surface area contributed by atoms with Crippen molar-refractivity contribution in [2.45, 2.75) is 26.8 Å². The van der Waals surface area contributed by atoms with Crippen LogP contribution in [0, 0.1) is 13.8 Å². The lowest BCUT2D eigenvalue weighted by atomic mass is 10.1. The molecule has 0 aliphatic heterocycles. The number of ether oxygens (including phenoxy) is 2. The summed E-state index contributed by atoms with van der Waals surface area (Å²) >= 11 is 0. The molecule has 0 aliphatic carbocycles. The number of aromatic nitrogens is 5. The smallest absolute Gasteiger partial charge is 0.238 e. The Bertz CT molecular complexity index is 1240. The van der Waals surface area contributed by atoms with Crippen LogP contribution in [0.5, 0.6) is 11.6 Å². The highest BCUT2D eigenvalue weighted by atomic mass is 16.5. The lowest BCUT2D eigenvalue weighted by Gasteiger charge is -2.17. The van der Waals surface area contributed by atoms with Crippen LogP contribution < -0.4 is 14.8 Å². The van der Waals surface area contributed by atoms with Crippen LogP contribution >= 0.6 is 0 Å². The molecule has 4 rings (SSSR count). The number of nitrogens with zero attached hydrogens (tertiary/aromatic N) is 5. The van der Waals surface area contributed by atoms with E-state index in [4.69, 9.17) is 9.47 Å². The number of anilines is 1. The average molecular weight is 431 g/mol. The summed E-state index contributed by atoms with van der Waals surface area (Å²) in [4.78, 5) is 8.91. The van der Waals surface area contributed by atoms with Crippen molar-refractivity contribution in [3.63, 3.8) is 0 Å². The van der Waals surface area contributed by atoms with Gasteiger partial charge in [-0.05, 0) is 62.2 Å². The highest BCUT2D eigenvalue weighted by Crippen LogP contribution is 2.28. The van der Waals surface area contributed by atoms with Gasteiger partial charge in [-0.1, -0.05) is 12.1 Å². The van der Waals surface area contributed by atoms with Crippen molar-refractivity contribution < 1.29 is 9.47 Å². The maximum Gasteiger partial charge on any atom is 0.238 e. The van der Waals surface area contributed by atoms with Crippen molar-refractivity contribution in [2.75, 3.05) is 19.5 Å². The molecule has 1 atom stereocenters. The van der Waals surface area contributed by atoms with Crippen molar-refractivity contribution in [1.82, 2.24) is 24.7 Å². The van der Waals surface area contributed by atoms with E-state index in [-0.39, 0.29) is 6.04 Å². The number of nitrogens with one attached hydrogen (secondary N) is 1. The third-order valence-electron chi connectivity index (χ3n) is 5.22. The maximum atomic E-state index is 5.52. The Morgan fingerprint density at radius 3 is 2.50 bits per heavy atom. The molecule has 8 nitrogen and oxygen atoms in total. The Morgan fingerprint density at radius 2 is 1.81 bits per heavy atom. The van der Waals surface area contributed by atoms with Gasteiger partial charge in [0.25, 0.3) is 0 Å². The summed E-state index contributed by atoms with van der Waals surface area (Å²) in [5.74, 6) is 2.04. The van der Waals surface area contributed by atoms with Crippen molar-refractivity contribution in [3.05, 3.63) is 71.8 Å². The molecule has 1 unspecified atom stereocenters. The molecule has 3 aromatic heterocycles. The number of pyridine rings is 1. The van der Waals surface area contributed by atoms with E-state index in [2.05, 4.69) is 38.5 Å². The van der Waals surface area contributed by atoms with Crippen LogP contribution in [0.25, 0.3) is 17.1 Å². The normalized spacial score (nSPS) is 11.8. The summed E-state index contributed by atoms with van der Waals surface area (Å²) < 4.78 is 12.7. The third kappa shape index (κ3) is 4.39. The molecule has 0 amide bonds. The zero-order valence-electron chi connectivity index (χ0n) is 18.8. The first-order valence-electron chi connectivity index (χ1n) is 10.3. The van der Waals surface area contributed by atoms with E-state index in [1.165, 1.54) is 0 Å². The molecule has 0 bridgehead atoms. The van der Waals surface area contributed by atoms with E-state index in [0.29, 0.717) is 17.3 Å². The molecule has 1 N–H and O–H groups in total. The second-order valence-electron chi connectivity index (χ2n) is 7.55. The number of benzene rings is 1. The van der Waals surface area contributed by atoms with Crippen LogP contribution in [0.1, 0.15) is 29.8 Å². The van der Waals surface area contributed by atoms with Crippen LogP contribution in [-0.2, 0) is 0 Å². The van der Waals surface area contributed by atoms with Crippen LogP contribution in [0.15, 0.2) is 55.0 Å². The molecule has 4 aromatic rings. The molecule has 0 radical (unpaired) electrons. The van der Waals surface area contributed by atoms with Gasteiger partial charge in [0.05, 0.1) is 38.0 Å². The number of hydrogen-bond acceptors (Lipinski definition) is 7. The fourth-order valence-corrected chi connectivity index (χ4v) is 3.43. The summed E-state index contributed by atoms with van der Waals surface area (Å²) in [7, 11) is 3.26. The first kappa shape index (κ1) is 21.3. The summed E-state index contributed by atoms with van der Waals surface area (Å²) in [5.41, 5.74) is 5.17. The van der Waals surface area contributed by atoms with Crippen LogP contribution in [-0.4, -0.2) is 39.0 Å². The molecule has 164 valence electrons. The largest absolute Gasteiger partial charge is 0.497 e. The average Bonchev–Trinajstić information content (AvgIpc) is 3.25. The van der Waals surface area contributed by atoms with E-state index >= 15 is 0 Å². The predicted octanol–water partition coefficient (Wildman–Crippen LogP) is 4.53. The van der Waals surface area contributed by atoms with E-state index in [1.807, 2.05) is 61.0 Å². The predicted molar refractivity (Wildman–Crippen MR) is 123 cm³/mol. The van der Waals surface area contributed by atoms with Crippen LogP contribution in [0.4, 0.5) is 5.82 Å². The minimum absolute atomic E-state index is 0.0417. The fraction of sp³-hybridized carbons (Fsp3) is 0.250. The van der Waals surface area contributed by atoms with Gasteiger partial charge in [-0.15, -0.1) is 10.2 Å². The first-order chi connectivity index (χ1) is 15.5. The molecular formula is C24H26N6O2. The van der Waals surface area contributed by atoms with Gasteiger partial charge in [-0.3, -0.25) is 0 Å². The van der Waals surface area contributed by atoms with Gasteiger partial charge in [0.15, 0.2) is 5.82 Å². The van der Waals surface area contributed by atoms with Crippen LogP contribution in [0.3, 0.4) is 0 Å². The van der Waals surface area contributed by atoms with Gasteiger partial charge in [-0.25, -0.2) is 9.97 Å². The van der Waals surface area contributed by atoms with E-state index < -0.39 is 0 Å². The molecule has 32 heavy (non-hydrogen) atoms. The quantitative estimate of drug-likeness (QED) is 0.461. The van der Waals surface area contributed by atoms with Crippen molar-refractivity contribution >= 4 is 5.82 Å². The fourth-order valence-electron chi connectivity index (χ4n) is 3.43. The van der Waals surface area contributed by atoms with E-state index in [1.54, 1.807) is 20.5 Å². The van der Waals surface area contributed by atoms with Crippen molar-refractivity contribution in [1.29, 1.82) is 0 Å². The van der Waals surface area contributed by atoms with E-state index in [9.17, 15) is 0 Å². The molecule has 8 heteroatoms. The second kappa shape index (κ2) is 9.05. The van der Waals surface area contributed by atoms with Gasteiger partial charge in [0, 0.05) is 6.20 Å². The van der Waals surface area contributed by atoms with Gasteiger partial charge >= 0.3 is 0 Å². The molecule has 0 saturated heterocycles. The minimum Gasteiger partial charge on any atom is -0.497 e. The zero-order chi connectivity index (χ0) is 22.7. The highest BCUT2D eigenvalue weighted by molar-refractivity contribution is 5.61. The molecule has 1 aromatic carbocycles. The second-order valence-corrected chi connectivity index (χ2v) is 7.55. The number of rotatable bonds is 7. The van der Waals surface area contributed by atoms with E-state index in [0.717, 1.165) is 34.1 Å². The number of hydrogen-bond donors (Lipinski definition) is 1. The molecule has 3 heterocycles. The minimum atomic E-state index is 0.0417. The Labute approximate surface area is 187 Å². The molecule has 0 aliphatic rings. The van der Waals surface area contributed by atoms with Gasteiger partial charge in [0.2, 0.25) is 5.88 Å². The van der Waals surface area contributed by atoms with Gasteiger partial charge in [-0.2, -0.15) is 0 Å². The standard InChI is InChI=1S/C24H26N6O2/c1-15-11-21(20-9-10-22(24(27-20)32-5)30-13-16(2)25-14-30)28-29-23(15)26-17(3)18-7-6-8-19(12-18)31-4/h6-14,17H,1-5H3,(H,26,29). The number of methoxy groups -OCH3 is 2. The molecule has 0 fully saturated rings.